The van der Waals surface area contributed by atoms with E-state index < -0.39 is 23.0 Å². The predicted molar refractivity (Wildman–Crippen MR) is 218 cm³/mol. The Kier molecular flexibility index (Phi) is 18.1. The van der Waals surface area contributed by atoms with E-state index in [1.54, 1.807) is 0 Å². The third-order valence-electron chi connectivity index (χ3n) is 11.0. The fourth-order valence-corrected chi connectivity index (χ4v) is 8.57. The quantitative estimate of drug-likeness (QED) is 0.0647. The summed E-state index contributed by atoms with van der Waals surface area (Å²) in [5, 5.41) is 2.98. The van der Waals surface area contributed by atoms with Crippen LogP contribution < -0.4 is 10.8 Å². The standard InChI is InChI=1S/C44H56N4O10S/c49-35(23-18-31-16-21-33(22-17-31)44(56)58-48-40(52)26-27-41(48)53)13-7-4-10-28-47-42(54)29-37(43(47)55)59-36-24-19-32(20-25-36)30-57-46-39(51)15-9-2-1-8-14-38(50)45-34-11-5-3-6-12-34/h3,5-6,11-12,19-20,24-25,31,33,37H,1-2,4,7-10,13-18,21-23,26-30H2,(H,45,50)(H,46,51). The zero-order valence-electron chi connectivity index (χ0n) is 33.7. The molecule has 3 fully saturated rings. The van der Waals surface area contributed by atoms with Crippen LogP contribution in [0, 0.1) is 11.8 Å². The zero-order chi connectivity index (χ0) is 42.0. The average molecular weight is 833 g/mol. The Labute approximate surface area is 349 Å². The summed E-state index contributed by atoms with van der Waals surface area (Å²) in [6.07, 6.45) is 10.8. The molecule has 15 heteroatoms. The Morgan fingerprint density at radius 2 is 1.34 bits per heavy atom. The molecule has 1 aliphatic carbocycles. The number of carbonyl (C=O) groups excluding carboxylic acids is 8. The number of hydrogen-bond donors (Lipinski definition) is 2. The molecule has 5 rings (SSSR count). The average Bonchev–Trinajstić information content (AvgIpc) is 3.69. The normalized spacial score (nSPS) is 19.3. The Balaban J connectivity index is 0.861. The van der Waals surface area contributed by atoms with E-state index in [0.717, 1.165) is 61.1 Å². The van der Waals surface area contributed by atoms with Crippen LogP contribution >= 0.6 is 11.8 Å². The van der Waals surface area contributed by atoms with E-state index in [4.69, 9.17) is 9.68 Å². The first-order valence-corrected chi connectivity index (χ1v) is 21.9. The number of Topliss-reactive ketones (excluding diaryl/α,β-unsaturated/α-hetero) is 1. The first kappa shape index (κ1) is 45.2. The highest BCUT2D eigenvalue weighted by atomic mass is 32.2. The minimum Gasteiger partial charge on any atom is -0.330 e. The summed E-state index contributed by atoms with van der Waals surface area (Å²) in [5.41, 5.74) is 4.11. The maximum absolute atomic E-state index is 13.1. The van der Waals surface area contributed by atoms with Gasteiger partial charge in [-0.3, -0.25) is 43.3 Å². The van der Waals surface area contributed by atoms with Gasteiger partial charge in [0.2, 0.25) is 23.6 Å². The van der Waals surface area contributed by atoms with Gasteiger partial charge in [-0.25, -0.2) is 10.3 Å². The molecule has 1 unspecified atom stereocenters. The smallest absolute Gasteiger partial charge is 0.330 e. The van der Waals surface area contributed by atoms with Crippen LogP contribution in [-0.4, -0.2) is 69.0 Å². The highest BCUT2D eigenvalue weighted by Crippen LogP contribution is 2.34. The van der Waals surface area contributed by atoms with Crippen LogP contribution in [0.1, 0.15) is 128 Å². The number of benzene rings is 2. The number of amides is 6. The van der Waals surface area contributed by atoms with E-state index in [1.165, 1.54) is 16.7 Å². The lowest BCUT2D eigenvalue weighted by Crippen LogP contribution is -2.35. The molecule has 3 aliphatic rings. The monoisotopic (exact) mass is 832 g/mol. The molecule has 0 radical (unpaired) electrons. The number of carbonyl (C=O) groups is 8. The summed E-state index contributed by atoms with van der Waals surface area (Å²) in [6, 6.07) is 16.8. The van der Waals surface area contributed by atoms with Gasteiger partial charge >= 0.3 is 5.97 Å². The molecule has 318 valence electrons. The highest BCUT2D eigenvalue weighted by Gasteiger charge is 2.39. The molecule has 2 aromatic carbocycles. The maximum Gasteiger partial charge on any atom is 0.336 e. The summed E-state index contributed by atoms with van der Waals surface area (Å²) in [5.74, 6) is -1.91. The van der Waals surface area contributed by atoms with Crippen LogP contribution in [-0.2, 0) is 54.6 Å². The maximum atomic E-state index is 13.1. The number of hydroxylamine groups is 3. The van der Waals surface area contributed by atoms with Crippen molar-refractivity contribution in [1.82, 2.24) is 15.4 Å². The second-order valence-electron chi connectivity index (χ2n) is 15.6. The molecule has 14 nitrogen and oxygen atoms in total. The number of rotatable bonds is 24. The van der Waals surface area contributed by atoms with Crippen molar-refractivity contribution in [3.05, 3.63) is 60.2 Å². The minimum absolute atomic E-state index is 0.0147. The first-order chi connectivity index (χ1) is 28.5. The summed E-state index contributed by atoms with van der Waals surface area (Å²) < 4.78 is 0. The number of hydrogen-bond acceptors (Lipinski definition) is 11. The van der Waals surface area contributed by atoms with Crippen LogP contribution in [0.5, 0.6) is 0 Å². The van der Waals surface area contributed by atoms with Crippen LogP contribution in [0.25, 0.3) is 0 Å². The molecule has 2 aromatic rings. The van der Waals surface area contributed by atoms with Crippen molar-refractivity contribution in [3.63, 3.8) is 0 Å². The molecule has 1 saturated carbocycles. The molecule has 59 heavy (non-hydrogen) atoms. The van der Waals surface area contributed by atoms with Gasteiger partial charge in [0.15, 0.2) is 0 Å². The number of unbranched alkanes of at least 4 members (excludes halogenated alkanes) is 5. The van der Waals surface area contributed by atoms with Crippen molar-refractivity contribution in [1.29, 1.82) is 0 Å². The number of ketones is 1. The van der Waals surface area contributed by atoms with Gasteiger partial charge in [0.1, 0.15) is 5.78 Å². The molecule has 0 spiro atoms. The van der Waals surface area contributed by atoms with E-state index >= 15 is 0 Å². The predicted octanol–water partition coefficient (Wildman–Crippen LogP) is 6.76. The SMILES string of the molecule is O=C(CCCCCN1C(=O)CC(Sc2ccc(CONC(=O)CCCCCCC(=O)Nc3ccccc3)cc2)C1=O)CCC1CCC(C(=O)ON2C(=O)CCC2=O)CC1. The molecular formula is C44H56N4O10S. The van der Waals surface area contributed by atoms with Gasteiger partial charge in [-0.1, -0.05) is 49.6 Å². The molecule has 2 aliphatic heterocycles. The molecule has 2 heterocycles. The van der Waals surface area contributed by atoms with Crippen molar-refractivity contribution < 1.29 is 48.0 Å². The fraction of sp³-hybridized carbons (Fsp3) is 0.545. The fourth-order valence-electron chi connectivity index (χ4n) is 7.50. The first-order valence-electron chi connectivity index (χ1n) is 21.0. The summed E-state index contributed by atoms with van der Waals surface area (Å²) in [4.78, 5) is 111. The van der Waals surface area contributed by atoms with Crippen molar-refractivity contribution in [2.75, 3.05) is 11.9 Å². The number of likely N-dealkylation sites (tertiary alicyclic amines) is 1. The van der Waals surface area contributed by atoms with E-state index in [0.29, 0.717) is 75.3 Å². The lowest BCUT2D eigenvalue weighted by Gasteiger charge is -2.27. The number of anilines is 1. The highest BCUT2D eigenvalue weighted by molar-refractivity contribution is 8.00. The number of imide groups is 2. The topological polar surface area (TPSA) is 186 Å². The van der Waals surface area contributed by atoms with Gasteiger partial charge in [-0.2, -0.15) is 0 Å². The Morgan fingerprint density at radius 3 is 2.03 bits per heavy atom. The molecule has 2 saturated heterocycles. The number of nitrogens with one attached hydrogen (secondary N) is 2. The lowest BCUT2D eigenvalue weighted by atomic mass is 9.79. The van der Waals surface area contributed by atoms with E-state index in [-0.39, 0.29) is 61.2 Å². The van der Waals surface area contributed by atoms with Gasteiger partial charge in [-0.05, 0) is 93.5 Å². The van der Waals surface area contributed by atoms with Gasteiger partial charge in [0.05, 0.1) is 17.8 Å². The van der Waals surface area contributed by atoms with Crippen LogP contribution in [0.2, 0.25) is 0 Å². The van der Waals surface area contributed by atoms with Crippen molar-refractivity contribution in [2.24, 2.45) is 11.8 Å². The summed E-state index contributed by atoms with van der Waals surface area (Å²) >= 11 is 1.35. The molecular weight excluding hydrogens is 777 g/mol. The van der Waals surface area contributed by atoms with Crippen LogP contribution in [0.15, 0.2) is 59.5 Å². The van der Waals surface area contributed by atoms with Gasteiger partial charge in [0.25, 0.3) is 11.8 Å². The Hall–Kier alpha value is -4.89. The van der Waals surface area contributed by atoms with Crippen molar-refractivity contribution in [2.45, 2.75) is 139 Å². The minimum atomic E-state index is -0.535. The largest absolute Gasteiger partial charge is 0.336 e. The molecule has 0 bridgehead atoms. The zero-order valence-corrected chi connectivity index (χ0v) is 34.5. The van der Waals surface area contributed by atoms with Crippen molar-refractivity contribution in [3.8, 4) is 0 Å². The second-order valence-corrected chi connectivity index (χ2v) is 16.9. The van der Waals surface area contributed by atoms with Crippen LogP contribution in [0.4, 0.5) is 5.69 Å². The number of thioether (sulfide) groups is 1. The second kappa shape index (κ2) is 23.6. The van der Waals surface area contributed by atoms with Gasteiger partial charge < -0.3 is 10.2 Å². The number of para-hydroxylation sites is 1. The van der Waals surface area contributed by atoms with Crippen molar-refractivity contribution >= 4 is 64.6 Å². The van der Waals surface area contributed by atoms with Gasteiger partial charge in [0, 0.05) is 62.1 Å². The Morgan fingerprint density at radius 1 is 0.695 bits per heavy atom. The van der Waals surface area contributed by atoms with Gasteiger partial charge in [-0.15, -0.1) is 16.8 Å². The third-order valence-corrected chi connectivity index (χ3v) is 12.2. The summed E-state index contributed by atoms with van der Waals surface area (Å²) in [6.45, 7) is 0.522. The molecule has 1 atom stereocenters. The van der Waals surface area contributed by atoms with Crippen LogP contribution in [0.3, 0.4) is 0 Å². The number of nitrogens with zero attached hydrogens (tertiary/aromatic N) is 2. The van der Waals surface area contributed by atoms with E-state index in [1.807, 2.05) is 54.6 Å². The van der Waals surface area contributed by atoms with E-state index in [2.05, 4.69) is 10.8 Å². The summed E-state index contributed by atoms with van der Waals surface area (Å²) in [7, 11) is 0. The molecule has 2 N–H and O–H groups in total. The molecule has 0 aromatic heterocycles. The lowest BCUT2D eigenvalue weighted by molar-refractivity contribution is -0.201. The molecule has 6 amide bonds. The van der Waals surface area contributed by atoms with E-state index in [9.17, 15) is 38.4 Å². The Bertz CT molecular complexity index is 1770. The third kappa shape index (κ3) is 15.0.